The molecule has 1 aromatic rings. The zero-order valence-corrected chi connectivity index (χ0v) is 17.8. The standard InChI is InChI=1S/C19H19F13O2/c1-13(2,3)34-11-7-5-6-10(8-11)12(33-4)9-14(20,21)15(22,23)16(24,25)17(26,27)18(28,29)19(30,31)32/h5-8,12H,9H2,1-4H3. The van der Waals surface area contributed by atoms with Gasteiger partial charge < -0.3 is 9.47 Å². The third-order valence-electron chi connectivity index (χ3n) is 4.38. The maximum Gasteiger partial charge on any atom is 0.460 e. The molecule has 1 unspecified atom stereocenters. The highest BCUT2D eigenvalue weighted by atomic mass is 19.4. The summed E-state index contributed by atoms with van der Waals surface area (Å²) in [5, 5.41) is 0. The predicted molar refractivity (Wildman–Crippen MR) is 92.0 cm³/mol. The van der Waals surface area contributed by atoms with Gasteiger partial charge in [0.05, 0.1) is 6.10 Å². The van der Waals surface area contributed by atoms with Crippen molar-refractivity contribution in [3.63, 3.8) is 0 Å². The van der Waals surface area contributed by atoms with Gasteiger partial charge in [-0.15, -0.1) is 0 Å². The second-order valence-corrected chi connectivity index (χ2v) is 8.22. The van der Waals surface area contributed by atoms with E-state index in [1.54, 1.807) is 20.8 Å². The molecule has 0 saturated carbocycles. The SMILES string of the molecule is COC(CC(F)(F)C(F)(F)C(F)(F)C(F)(F)C(F)(F)C(F)(F)F)c1cccc(OC(C)(C)C)c1. The molecule has 1 atom stereocenters. The molecule has 0 N–H and O–H groups in total. The number of hydrogen-bond acceptors (Lipinski definition) is 2. The Hall–Kier alpha value is -1.93. The van der Waals surface area contributed by atoms with Gasteiger partial charge in [0, 0.05) is 13.5 Å². The van der Waals surface area contributed by atoms with Crippen LogP contribution in [0.5, 0.6) is 5.75 Å². The van der Waals surface area contributed by atoms with Crippen molar-refractivity contribution in [1.82, 2.24) is 0 Å². The molecule has 34 heavy (non-hydrogen) atoms. The van der Waals surface area contributed by atoms with Crippen molar-refractivity contribution in [1.29, 1.82) is 0 Å². The molecule has 2 nitrogen and oxygen atoms in total. The largest absolute Gasteiger partial charge is 0.488 e. The molecule has 0 heterocycles. The number of rotatable bonds is 9. The summed E-state index contributed by atoms with van der Waals surface area (Å²) in [4.78, 5) is 0. The van der Waals surface area contributed by atoms with E-state index in [-0.39, 0.29) is 5.75 Å². The number of benzene rings is 1. The minimum Gasteiger partial charge on any atom is -0.488 e. The summed E-state index contributed by atoms with van der Waals surface area (Å²) in [6.07, 6.45) is -12.1. The van der Waals surface area contributed by atoms with Gasteiger partial charge in [0.2, 0.25) is 0 Å². The maximum atomic E-state index is 14.2. The summed E-state index contributed by atoms with van der Waals surface area (Å²) in [6.45, 7) is 4.71. The minimum absolute atomic E-state index is 0.0243. The fourth-order valence-electron chi connectivity index (χ4n) is 2.63. The van der Waals surface area contributed by atoms with Crippen LogP contribution in [0.4, 0.5) is 57.1 Å². The summed E-state index contributed by atoms with van der Waals surface area (Å²) >= 11 is 0. The summed E-state index contributed by atoms with van der Waals surface area (Å²) in [7, 11) is 0.654. The monoisotopic (exact) mass is 526 g/mol. The molecule has 198 valence electrons. The Kier molecular flexibility index (Phi) is 7.91. The van der Waals surface area contributed by atoms with Crippen LogP contribution in [-0.2, 0) is 4.74 Å². The van der Waals surface area contributed by atoms with Crippen molar-refractivity contribution >= 4 is 0 Å². The third kappa shape index (κ3) is 5.33. The highest BCUT2D eigenvalue weighted by molar-refractivity contribution is 5.31. The smallest absolute Gasteiger partial charge is 0.460 e. The zero-order valence-electron chi connectivity index (χ0n) is 17.8. The summed E-state index contributed by atoms with van der Waals surface area (Å²) in [6, 6.07) is 4.41. The number of halogens is 13. The Morgan fingerprint density at radius 2 is 1.18 bits per heavy atom. The second-order valence-electron chi connectivity index (χ2n) is 8.22. The Labute approximate surface area is 185 Å². The topological polar surface area (TPSA) is 18.5 Å². The van der Waals surface area contributed by atoms with Gasteiger partial charge in [-0.2, -0.15) is 57.1 Å². The molecule has 0 amide bonds. The molecule has 0 spiro atoms. The van der Waals surface area contributed by atoms with Crippen molar-refractivity contribution in [3.05, 3.63) is 29.8 Å². The molecule has 1 aromatic carbocycles. The molecule has 0 bridgehead atoms. The minimum atomic E-state index is -7.94. The molecule has 0 aliphatic heterocycles. The van der Waals surface area contributed by atoms with E-state index in [9.17, 15) is 57.1 Å². The van der Waals surface area contributed by atoms with Crippen molar-refractivity contribution in [2.24, 2.45) is 0 Å². The molecule has 15 heteroatoms. The lowest BCUT2D eigenvalue weighted by Crippen LogP contribution is -2.70. The highest BCUT2D eigenvalue weighted by Gasteiger charge is 2.90. The maximum absolute atomic E-state index is 14.2. The lowest BCUT2D eigenvalue weighted by molar-refractivity contribution is -0.440. The van der Waals surface area contributed by atoms with Crippen molar-refractivity contribution in [2.45, 2.75) is 74.7 Å². The van der Waals surface area contributed by atoms with Crippen LogP contribution < -0.4 is 4.74 Å². The number of alkyl halides is 13. The van der Waals surface area contributed by atoms with E-state index in [1.807, 2.05) is 0 Å². The molecule has 0 aromatic heterocycles. The molecule has 1 rings (SSSR count). The molecular formula is C19H19F13O2. The zero-order chi connectivity index (χ0) is 27.2. The van der Waals surface area contributed by atoms with Crippen LogP contribution in [0.25, 0.3) is 0 Å². The first-order valence-electron chi connectivity index (χ1n) is 9.13. The van der Waals surface area contributed by atoms with Gasteiger partial charge in [0.25, 0.3) is 0 Å². The first-order valence-corrected chi connectivity index (χ1v) is 9.13. The number of ether oxygens (including phenoxy) is 2. The van der Waals surface area contributed by atoms with Gasteiger partial charge in [-0.25, -0.2) is 0 Å². The summed E-state index contributed by atoms with van der Waals surface area (Å²) < 4.78 is 183. The van der Waals surface area contributed by atoms with Gasteiger partial charge in [-0.05, 0) is 38.5 Å². The average molecular weight is 526 g/mol. The fourth-order valence-corrected chi connectivity index (χ4v) is 2.63. The average Bonchev–Trinajstić information content (AvgIpc) is 2.63. The van der Waals surface area contributed by atoms with Gasteiger partial charge in [0.15, 0.2) is 0 Å². The Morgan fingerprint density at radius 1 is 0.706 bits per heavy atom. The van der Waals surface area contributed by atoms with E-state index in [1.165, 1.54) is 6.07 Å². The van der Waals surface area contributed by atoms with E-state index >= 15 is 0 Å². The molecule has 0 aliphatic carbocycles. The molecule has 0 saturated heterocycles. The summed E-state index contributed by atoms with van der Waals surface area (Å²) in [5.74, 6) is -37.2. The van der Waals surface area contributed by atoms with Crippen LogP contribution in [0.3, 0.4) is 0 Å². The first kappa shape index (κ1) is 30.1. The first-order chi connectivity index (χ1) is 14.9. The van der Waals surface area contributed by atoms with Gasteiger partial charge in [0.1, 0.15) is 11.4 Å². The molecule has 0 fully saturated rings. The van der Waals surface area contributed by atoms with E-state index in [2.05, 4.69) is 4.74 Å². The Balaban J connectivity index is 3.40. The molecule has 0 aliphatic rings. The van der Waals surface area contributed by atoms with Crippen LogP contribution in [0.2, 0.25) is 0 Å². The van der Waals surface area contributed by atoms with Crippen molar-refractivity contribution in [3.8, 4) is 5.75 Å². The number of methoxy groups -OCH3 is 1. The van der Waals surface area contributed by atoms with Crippen molar-refractivity contribution in [2.75, 3.05) is 7.11 Å². The quantitative estimate of drug-likeness (QED) is 0.308. The van der Waals surface area contributed by atoms with Crippen molar-refractivity contribution < 1.29 is 66.5 Å². The normalized spacial score (nSPS) is 15.9. The van der Waals surface area contributed by atoms with Gasteiger partial charge in [-0.3, -0.25) is 0 Å². The highest BCUT2D eigenvalue weighted by Crippen LogP contribution is 2.61. The van der Waals surface area contributed by atoms with Crippen LogP contribution >= 0.6 is 0 Å². The van der Waals surface area contributed by atoms with E-state index in [0.717, 1.165) is 18.2 Å². The van der Waals surface area contributed by atoms with Crippen LogP contribution in [0, 0.1) is 0 Å². The molecule has 0 radical (unpaired) electrons. The van der Waals surface area contributed by atoms with Gasteiger partial charge in [-0.1, -0.05) is 12.1 Å². The second kappa shape index (κ2) is 8.94. The van der Waals surface area contributed by atoms with E-state index in [0.29, 0.717) is 7.11 Å². The number of hydrogen-bond donors (Lipinski definition) is 0. The van der Waals surface area contributed by atoms with Crippen LogP contribution in [0.15, 0.2) is 24.3 Å². The Morgan fingerprint density at radius 3 is 1.59 bits per heavy atom. The van der Waals surface area contributed by atoms with Crippen LogP contribution in [0.1, 0.15) is 38.9 Å². The lowest BCUT2D eigenvalue weighted by Gasteiger charge is -2.40. The Bertz CT molecular complexity index is 841. The summed E-state index contributed by atoms with van der Waals surface area (Å²) in [5.41, 5.74) is -1.23. The van der Waals surface area contributed by atoms with E-state index in [4.69, 9.17) is 4.74 Å². The van der Waals surface area contributed by atoms with Crippen LogP contribution in [-0.4, -0.2) is 48.5 Å². The molecular weight excluding hydrogens is 507 g/mol. The lowest BCUT2D eigenvalue weighted by atomic mass is 9.90. The fraction of sp³-hybridized carbons (Fsp3) is 0.684. The third-order valence-corrected chi connectivity index (χ3v) is 4.38. The predicted octanol–water partition coefficient (Wildman–Crippen LogP) is 7.68. The van der Waals surface area contributed by atoms with E-state index < -0.39 is 59.5 Å². The van der Waals surface area contributed by atoms with Gasteiger partial charge >= 0.3 is 35.8 Å².